The number of rotatable bonds is 3. The highest BCUT2D eigenvalue weighted by atomic mass is 16.5. The van der Waals surface area contributed by atoms with Gasteiger partial charge in [-0.25, -0.2) is 9.95 Å². The summed E-state index contributed by atoms with van der Waals surface area (Å²) in [5.41, 5.74) is 6.98. The predicted octanol–water partition coefficient (Wildman–Crippen LogP) is 0.278. The molecule has 1 saturated heterocycles. The van der Waals surface area contributed by atoms with Gasteiger partial charge in [-0.3, -0.25) is 0 Å². The van der Waals surface area contributed by atoms with Crippen molar-refractivity contribution in [3.63, 3.8) is 0 Å². The third-order valence-corrected chi connectivity index (χ3v) is 3.35. The second kappa shape index (κ2) is 4.84. The molecule has 0 atom stereocenters. The fourth-order valence-electron chi connectivity index (χ4n) is 2.34. The SMILES string of the molecule is CN1CCC(c2[nH]oc(=O)c2CCN)CC1. The number of hydrogen-bond acceptors (Lipinski definition) is 4. The minimum absolute atomic E-state index is 0.251. The van der Waals surface area contributed by atoms with Crippen LogP contribution in [0.15, 0.2) is 9.32 Å². The number of nitrogens with one attached hydrogen (secondary N) is 1. The molecule has 5 heteroatoms. The van der Waals surface area contributed by atoms with Crippen molar-refractivity contribution in [2.75, 3.05) is 26.7 Å². The van der Waals surface area contributed by atoms with Gasteiger partial charge in [0.15, 0.2) is 0 Å². The Morgan fingerprint density at radius 1 is 1.50 bits per heavy atom. The molecule has 0 aliphatic carbocycles. The van der Waals surface area contributed by atoms with Gasteiger partial charge in [-0.2, -0.15) is 0 Å². The quantitative estimate of drug-likeness (QED) is 0.774. The van der Waals surface area contributed by atoms with Crippen molar-refractivity contribution in [2.45, 2.75) is 25.2 Å². The van der Waals surface area contributed by atoms with Crippen LogP contribution in [-0.2, 0) is 6.42 Å². The van der Waals surface area contributed by atoms with Gasteiger partial charge in [0.25, 0.3) is 0 Å². The summed E-state index contributed by atoms with van der Waals surface area (Å²) in [6, 6.07) is 0. The van der Waals surface area contributed by atoms with Crippen molar-refractivity contribution in [1.29, 1.82) is 0 Å². The molecule has 0 unspecified atom stereocenters. The van der Waals surface area contributed by atoms with Gasteiger partial charge in [0.1, 0.15) is 0 Å². The van der Waals surface area contributed by atoms with Crippen molar-refractivity contribution in [3.05, 3.63) is 21.7 Å². The average molecular weight is 225 g/mol. The van der Waals surface area contributed by atoms with Crippen LogP contribution in [0.3, 0.4) is 0 Å². The molecule has 16 heavy (non-hydrogen) atoms. The lowest BCUT2D eigenvalue weighted by atomic mass is 9.91. The molecular formula is C11H19N3O2. The summed E-state index contributed by atoms with van der Waals surface area (Å²) in [6.45, 7) is 2.63. The fourth-order valence-corrected chi connectivity index (χ4v) is 2.34. The van der Waals surface area contributed by atoms with Crippen molar-refractivity contribution in [2.24, 2.45) is 5.73 Å². The highest BCUT2D eigenvalue weighted by Gasteiger charge is 2.24. The molecule has 2 rings (SSSR count). The minimum Gasteiger partial charge on any atom is -0.339 e. The zero-order chi connectivity index (χ0) is 11.5. The van der Waals surface area contributed by atoms with Gasteiger partial charge >= 0.3 is 5.63 Å². The molecule has 0 radical (unpaired) electrons. The Balaban J connectivity index is 2.17. The molecule has 2 heterocycles. The maximum atomic E-state index is 11.5. The van der Waals surface area contributed by atoms with Crippen LogP contribution in [0.5, 0.6) is 0 Å². The van der Waals surface area contributed by atoms with E-state index in [1.807, 2.05) is 0 Å². The van der Waals surface area contributed by atoms with Crippen LogP contribution in [0.25, 0.3) is 0 Å². The van der Waals surface area contributed by atoms with E-state index in [1.165, 1.54) is 0 Å². The minimum atomic E-state index is -0.251. The first-order valence-electron chi connectivity index (χ1n) is 5.81. The molecule has 3 N–H and O–H groups in total. The number of aromatic amines is 1. The summed E-state index contributed by atoms with van der Waals surface area (Å²) >= 11 is 0. The topological polar surface area (TPSA) is 75.3 Å². The molecule has 0 aromatic carbocycles. The molecule has 1 aliphatic rings. The Morgan fingerprint density at radius 2 is 2.19 bits per heavy atom. The first-order chi connectivity index (χ1) is 7.72. The third kappa shape index (κ3) is 2.20. The van der Waals surface area contributed by atoms with Crippen LogP contribution in [0.1, 0.15) is 30.0 Å². The smallest absolute Gasteiger partial charge is 0.339 e. The number of hydrogen-bond donors (Lipinski definition) is 2. The summed E-state index contributed by atoms with van der Waals surface area (Å²) in [5.74, 6) is 0.421. The van der Waals surface area contributed by atoms with Gasteiger partial charge in [0.2, 0.25) is 0 Å². The van der Waals surface area contributed by atoms with Crippen LogP contribution in [0.4, 0.5) is 0 Å². The van der Waals surface area contributed by atoms with Crippen LogP contribution in [0, 0.1) is 0 Å². The van der Waals surface area contributed by atoms with Gasteiger partial charge < -0.3 is 15.2 Å². The monoisotopic (exact) mass is 225 g/mol. The van der Waals surface area contributed by atoms with E-state index < -0.39 is 0 Å². The molecule has 0 bridgehead atoms. The lowest BCUT2D eigenvalue weighted by Crippen LogP contribution is -2.30. The van der Waals surface area contributed by atoms with E-state index in [0.29, 0.717) is 18.9 Å². The third-order valence-electron chi connectivity index (χ3n) is 3.35. The highest BCUT2D eigenvalue weighted by molar-refractivity contribution is 5.20. The van der Waals surface area contributed by atoms with Crippen molar-refractivity contribution in [1.82, 2.24) is 10.1 Å². The summed E-state index contributed by atoms with van der Waals surface area (Å²) in [5, 5.41) is 2.78. The van der Waals surface area contributed by atoms with E-state index in [0.717, 1.165) is 37.2 Å². The first kappa shape index (κ1) is 11.4. The number of aromatic nitrogens is 1. The predicted molar refractivity (Wildman–Crippen MR) is 61.6 cm³/mol. The molecule has 0 amide bonds. The second-order valence-corrected chi connectivity index (χ2v) is 4.50. The largest absolute Gasteiger partial charge is 0.360 e. The van der Waals surface area contributed by atoms with Gasteiger partial charge in [0, 0.05) is 5.92 Å². The van der Waals surface area contributed by atoms with Crippen LogP contribution in [0.2, 0.25) is 0 Å². The van der Waals surface area contributed by atoms with E-state index in [2.05, 4.69) is 17.1 Å². The molecule has 0 saturated carbocycles. The number of nitrogens with zero attached hydrogens (tertiary/aromatic N) is 1. The maximum Gasteiger partial charge on any atom is 0.360 e. The lowest BCUT2D eigenvalue weighted by molar-refractivity contribution is 0.249. The van der Waals surface area contributed by atoms with Gasteiger partial charge in [-0.1, -0.05) is 0 Å². The van der Waals surface area contributed by atoms with Crippen LogP contribution < -0.4 is 11.4 Å². The maximum absolute atomic E-state index is 11.5. The normalized spacial score (nSPS) is 19.1. The molecule has 0 spiro atoms. The lowest BCUT2D eigenvalue weighted by Gasteiger charge is -2.28. The second-order valence-electron chi connectivity index (χ2n) is 4.50. The van der Waals surface area contributed by atoms with Gasteiger partial charge in [0.05, 0.1) is 11.3 Å². The standard InChI is InChI=1S/C11H19N3O2/c1-14-6-3-8(4-7-14)10-9(2-5-12)11(15)16-13-10/h8,13H,2-7,12H2,1H3. The molecule has 1 aromatic rings. The van der Waals surface area contributed by atoms with Gasteiger partial charge in [-0.15, -0.1) is 0 Å². The van der Waals surface area contributed by atoms with Crippen LogP contribution in [-0.4, -0.2) is 36.7 Å². The summed E-state index contributed by atoms with van der Waals surface area (Å²) in [6.07, 6.45) is 2.75. The Morgan fingerprint density at radius 3 is 2.81 bits per heavy atom. The zero-order valence-electron chi connectivity index (χ0n) is 9.66. The molecule has 1 aromatic heterocycles. The number of piperidine rings is 1. The number of H-pyrrole nitrogens is 1. The van der Waals surface area contributed by atoms with E-state index in [4.69, 9.17) is 10.3 Å². The van der Waals surface area contributed by atoms with Crippen molar-refractivity contribution >= 4 is 0 Å². The fraction of sp³-hybridized carbons (Fsp3) is 0.727. The Hall–Kier alpha value is -1.07. The first-order valence-corrected chi connectivity index (χ1v) is 5.81. The molecule has 90 valence electrons. The summed E-state index contributed by atoms with van der Waals surface area (Å²) < 4.78 is 4.88. The zero-order valence-corrected chi connectivity index (χ0v) is 9.66. The highest BCUT2D eigenvalue weighted by Crippen LogP contribution is 2.27. The summed E-state index contributed by atoms with van der Waals surface area (Å²) in [4.78, 5) is 13.8. The van der Waals surface area contributed by atoms with E-state index >= 15 is 0 Å². The summed E-state index contributed by atoms with van der Waals surface area (Å²) in [7, 11) is 2.12. The van der Waals surface area contributed by atoms with E-state index in [-0.39, 0.29) is 5.63 Å². The number of likely N-dealkylation sites (tertiary alicyclic amines) is 1. The Kier molecular flexibility index (Phi) is 3.46. The van der Waals surface area contributed by atoms with Crippen LogP contribution >= 0.6 is 0 Å². The molecule has 5 nitrogen and oxygen atoms in total. The Bertz CT molecular complexity index is 388. The van der Waals surface area contributed by atoms with Crippen molar-refractivity contribution in [3.8, 4) is 0 Å². The molecule has 1 fully saturated rings. The molecular weight excluding hydrogens is 206 g/mol. The van der Waals surface area contributed by atoms with Crippen molar-refractivity contribution < 1.29 is 4.52 Å². The van der Waals surface area contributed by atoms with Gasteiger partial charge in [-0.05, 0) is 45.9 Å². The Labute approximate surface area is 94.6 Å². The van der Waals surface area contributed by atoms with E-state index in [1.54, 1.807) is 0 Å². The molecule has 1 aliphatic heterocycles. The van der Waals surface area contributed by atoms with E-state index in [9.17, 15) is 4.79 Å². The average Bonchev–Trinajstić information content (AvgIpc) is 2.63. The number of nitrogens with two attached hydrogens (primary N) is 1.